The van der Waals surface area contributed by atoms with Gasteiger partial charge in [-0.2, -0.15) is 0 Å². The van der Waals surface area contributed by atoms with Gasteiger partial charge in [-0.25, -0.2) is 0 Å². The molecule has 64 valence electrons. The van der Waals surface area contributed by atoms with Gasteiger partial charge in [-0.05, 0) is 37.9 Å². The highest BCUT2D eigenvalue weighted by Crippen LogP contribution is 2.22. The van der Waals surface area contributed by atoms with Crippen molar-refractivity contribution in [2.75, 3.05) is 7.05 Å². The van der Waals surface area contributed by atoms with Gasteiger partial charge in [0.25, 0.3) is 0 Å². The minimum absolute atomic E-state index is 0.668. The standard InChI is InChI=1S/C11H15N/c1-8-3-4-9-6-11(12-2)7-10(9)5-8/h3-5,11-12H,6-7H2,1-2H3/t11-/m1/s1. The van der Waals surface area contributed by atoms with Crippen LogP contribution in [0.2, 0.25) is 0 Å². The van der Waals surface area contributed by atoms with Gasteiger partial charge in [0.15, 0.2) is 0 Å². The molecule has 0 heterocycles. The second-order valence-electron chi connectivity index (χ2n) is 3.67. The lowest BCUT2D eigenvalue weighted by Gasteiger charge is -2.04. The molecule has 1 aromatic carbocycles. The van der Waals surface area contributed by atoms with Crippen molar-refractivity contribution in [2.24, 2.45) is 0 Å². The lowest BCUT2D eigenvalue weighted by atomic mass is 10.1. The van der Waals surface area contributed by atoms with Crippen LogP contribution in [0.5, 0.6) is 0 Å². The molecule has 0 spiro atoms. The second kappa shape index (κ2) is 2.91. The van der Waals surface area contributed by atoms with Crippen molar-refractivity contribution >= 4 is 0 Å². The number of benzene rings is 1. The summed E-state index contributed by atoms with van der Waals surface area (Å²) in [6.07, 6.45) is 2.40. The number of likely N-dealkylation sites (N-methyl/N-ethyl adjacent to an activating group) is 1. The summed E-state index contributed by atoms with van der Waals surface area (Å²) in [6.45, 7) is 2.16. The molecule has 0 bridgehead atoms. The molecule has 1 nitrogen and oxygen atoms in total. The molecule has 0 unspecified atom stereocenters. The zero-order valence-electron chi connectivity index (χ0n) is 7.72. The fourth-order valence-electron chi connectivity index (χ4n) is 1.95. The molecule has 1 aliphatic carbocycles. The second-order valence-corrected chi connectivity index (χ2v) is 3.67. The largest absolute Gasteiger partial charge is 0.316 e. The number of hydrogen-bond donors (Lipinski definition) is 1. The van der Waals surface area contributed by atoms with Gasteiger partial charge in [0.1, 0.15) is 0 Å². The zero-order chi connectivity index (χ0) is 8.55. The van der Waals surface area contributed by atoms with E-state index in [0.29, 0.717) is 6.04 Å². The SMILES string of the molecule is CN[C@@H]1Cc2ccc(C)cc2C1. The Balaban J connectivity index is 2.30. The minimum atomic E-state index is 0.668. The number of rotatable bonds is 1. The fourth-order valence-corrected chi connectivity index (χ4v) is 1.95. The molecular weight excluding hydrogens is 146 g/mol. The highest BCUT2D eigenvalue weighted by molar-refractivity contribution is 5.36. The quantitative estimate of drug-likeness (QED) is 0.661. The summed E-state index contributed by atoms with van der Waals surface area (Å²) in [4.78, 5) is 0. The molecule has 0 amide bonds. The smallest absolute Gasteiger partial charge is 0.0145 e. The maximum Gasteiger partial charge on any atom is 0.0145 e. The average molecular weight is 161 g/mol. The van der Waals surface area contributed by atoms with Gasteiger partial charge in [-0.15, -0.1) is 0 Å². The van der Waals surface area contributed by atoms with E-state index in [-0.39, 0.29) is 0 Å². The van der Waals surface area contributed by atoms with Crippen LogP contribution in [0.15, 0.2) is 18.2 Å². The van der Waals surface area contributed by atoms with Crippen LogP contribution < -0.4 is 5.32 Å². The predicted molar refractivity (Wildman–Crippen MR) is 51.4 cm³/mol. The van der Waals surface area contributed by atoms with Gasteiger partial charge < -0.3 is 5.32 Å². The lowest BCUT2D eigenvalue weighted by molar-refractivity contribution is 0.593. The Bertz CT molecular complexity index is 291. The van der Waals surface area contributed by atoms with Crippen molar-refractivity contribution < 1.29 is 0 Å². The van der Waals surface area contributed by atoms with E-state index < -0.39 is 0 Å². The van der Waals surface area contributed by atoms with Crippen LogP contribution >= 0.6 is 0 Å². The van der Waals surface area contributed by atoms with E-state index in [1.165, 1.54) is 29.5 Å². The molecular formula is C11H15N. The molecule has 1 heteroatoms. The fraction of sp³-hybridized carbons (Fsp3) is 0.455. The summed E-state index contributed by atoms with van der Waals surface area (Å²) in [7, 11) is 2.05. The molecule has 0 saturated carbocycles. The number of aryl methyl sites for hydroxylation is 1. The number of fused-ring (bicyclic) bond motifs is 1. The average Bonchev–Trinajstić information content (AvgIpc) is 2.46. The van der Waals surface area contributed by atoms with Crippen molar-refractivity contribution in [3.05, 3.63) is 34.9 Å². The Morgan fingerprint density at radius 2 is 2.00 bits per heavy atom. The van der Waals surface area contributed by atoms with E-state index in [1.54, 1.807) is 0 Å². The van der Waals surface area contributed by atoms with Crippen LogP contribution in [-0.4, -0.2) is 13.1 Å². The zero-order valence-corrected chi connectivity index (χ0v) is 7.72. The Kier molecular flexibility index (Phi) is 1.89. The van der Waals surface area contributed by atoms with Crippen molar-refractivity contribution in [1.29, 1.82) is 0 Å². The molecule has 1 N–H and O–H groups in total. The first-order valence-corrected chi connectivity index (χ1v) is 4.55. The van der Waals surface area contributed by atoms with Gasteiger partial charge in [0.2, 0.25) is 0 Å². The highest BCUT2D eigenvalue weighted by Gasteiger charge is 2.18. The van der Waals surface area contributed by atoms with Crippen molar-refractivity contribution in [1.82, 2.24) is 5.32 Å². The Hall–Kier alpha value is -0.820. The third-order valence-corrected chi connectivity index (χ3v) is 2.70. The third kappa shape index (κ3) is 1.25. The molecule has 0 radical (unpaired) electrons. The summed E-state index contributed by atoms with van der Waals surface area (Å²) in [5.41, 5.74) is 4.44. The summed E-state index contributed by atoms with van der Waals surface area (Å²) >= 11 is 0. The van der Waals surface area contributed by atoms with Crippen molar-refractivity contribution in [3.8, 4) is 0 Å². The van der Waals surface area contributed by atoms with Gasteiger partial charge in [0.05, 0.1) is 0 Å². The molecule has 0 aliphatic heterocycles. The van der Waals surface area contributed by atoms with Crippen LogP contribution in [0.25, 0.3) is 0 Å². The van der Waals surface area contributed by atoms with E-state index in [4.69, 9.17) is 0 Å². The Labute approximate surface area is 73.8 Å². The topological polar surface area (TPSA) is 12.0 Å². The molecule has 0 fully saturated rings. The Morgan fingerprint density at radius 1 is 1.25 bits per heavy atom. The van der Waals surface area contributed by atoms with E-state index in [2.05, 4.69) is 30.4 Å². The molecule has 0 aromatic heterocycles. The summed E-state index contributed by atoms with van der Waals surface area (Å²) in [6, 6.07) is 7.45. The first-order valence-electron chi connectivity index (χ1n) is 4.55. The highest BCUT2D eigenvalue weighted by atomic mass is 14.9. The van der Waals surface area contributed by atoms with Crippen LogP contribution in [0.3, 0.4) is 0 Å². The van der Waals surface area contributed by atoms with Crippen LogP contribution in [-0.2, 0) is 12.8 Å². The molecule has 12 heavy (non-hydrogen) atoms. The monoisotopic (exact) mass is 161 g/mol. The van der Waals surface area contributed by atoms with Gasteiger partial charge in [-0.3, -0.25) is 0 Å². The van der Waals surface area contributed by atoms with Crippen LogP contribution in [0.4, 0.5) is 0 Å². The molecule has 1 aromatic rings. The van der Waals surface area contributed by atoms with Gasteiger partial charge >= 0.3 is 0 Å². The van der Waals surface area contributed by atoms with E-state index in [0.717, 1.165) is 0 Å². The maximum atomic E-state index is 3.33. The van der Waals surface area contributed by atoms with Crippen molar-refractivity contribution in [2.45, 2.75) is 25.8 Å². The normalized spacial score (nSPS) is 21.0. The molecule has 2 rings (SSSR count). The van der Waals surface area contributed by atoms with E-state index in [1.807, 2.05) is 7.05 Å². The minimum Gasteiger partial charge on any atom is -0.316 e. The summed E-state index contributed by atoms with van der Waals surface area (Å²) in [5, 5.41) is 3.33. The molecule has 0 saturated heterocycles. The summed E-state index contributed by atoms with van der Waals surface area (Å²) in [5.74, 6) is 0. The first kappa shape index (κ1) is 7.81. The predicted octanol–water partition coefficient (Wildman–Crippen LogP) is 1.68. The van der Waals surface area contributed by atoms with E-state index in [9.17, 15) is 0 Å². The van der Waals surface area contributed by atoms with Crippen LogP contribution in [0.1, 0.15) is 16.7 Å². The number of nitrogens with one attached hydrogen (secondary N) is 1. The van der Waals surface area contributed by atoms with Gasteiger partial charge in [-0.1, -0.05) is 23.8 Å². The van der Waals surface area contributed by atoms with Crippen LogP contribution in [0, 0.1) is 6.92 Å². The molecule has 1 aliphatic rings. The summed E-state index contributed by atoms with van der Waals surface area (Å²) < 4.78 is 0. The molecule has 1 atom stereocenters. The first-order chi connectivity index (χ1) is 5.79. The number of hydrogen-bond acceptors (Lipinski definition) is 1. The lowest BCUT2D eigenvalue weighted by Crippen LogP contribution is -2.24. The third-order valence-electron chi connectivity index (χ3n) is 2.70. The Morgan fingerprint density at radius 3 is 2.75 bits per heavy atom. The maximum absolute atomic E-state index is 3.33. The van der Waals surface area contributed by atoms with Crippen molar-refractivity contribution in [3.63, 3.8) is 0 Å². The van der Waals surface area contributed by atoms with Gasteiger partial charge in [0, 0.05) is 6.04 Å². The van der Waals surface area contributed by atoms with E-state index >= 15 is 0 Å².